The van der Waals surface area contributed by atoms with Crippen LogP contribution >= 0.6 is 11.5 Å². The first-order valence-electron chi connectivity index (χ1n) is 7.78. The number of rotatable bonds is 6. The molecule has 0 saturated carbocycles. The van der Waals surface area contributed by atoms with Crippen molar-refractivity contribution >= 4 is 45.9 Å². The Bertz CT molecular complexity index is 1020. The number of carbonyl (C=O) groups excluding carboxylic acids is 4. The van der Waals surface area contributed by atoms with Crippen molar-refractivity contribution in [2.24, 2.45) is 0 Å². The van der Waals surface area contributed by atoms with Crippen molar-refractivity contribution in [3.63, 3.8) is 0 Å². The molecule has 3 rings (SSSR count). The maximum atomic E-state index is 12.5. The fraction of sp³-hybridized carbons (Fsp3) is 0.200. The molecule has 3 amide bonds. The minimum atomic E-state index is -0.949. The maximum Gasteiger partial charge on any atom is 0.362 e. The summed E-state index contributed by atoms with van der Waals surface area (Å²) in [6, 6.07) is 3.65. The van der Waals surface area contributed by atoms with Crippen LogP contribution in [-0.2, 0) is 9.53 Å². The summed E-state index contributed by atoms with van der Waals surface area (Å²) in [5, 5.41) is 17.0. The molecule has 0 atom stereocenters. The number of nitrogens with zero attached hydrogens (tertiary/aromatic N) is 4. The number of hydrogen-bond donors (Lipinski definition) is 1. The highest BCUT2D eigenvalue weighted by molar-refractivity contribution is 7.10. The maximum absolute atomic E-state index is 12.5. The molecular formula is C15H11N5O7S. The number of benzene rings is 1. The number of amides is 3. The molecule has 1 aliphatic heterocycles. The van der Waals surface area contributed by atoms with Gasteiger partial charge in [0.15, 0.2) is 5.00 Å². The summed E-state index contributed by atoms with van der Waals surface area (Å²) in [6.07, 6.45) is 0. The van der Waals surface area contributed by atoms with Gasteiger partial charge in [-0.1, -0.05) is 10.6 Å². The fourth-order valence-electron chi connectivity index (χ4n) is 2.53. The SMILES string of the molecule is CCOC(=O)c1nnsc1NC(=O)CN1C(=O)c2cccc([N+](=O)[O-])c2C1=O. The van der Waals surface area contributed by atoms with Gasteiger partial charge in [-0.25, -0.2) is 4.79 Å². The second-order valence-corrected chi connectivity index (χ2v) is 6.13. The molecule has 1 aliphatic rings. The van der Waals surface area contributed by atoms with Gasteiger partial charge in [0, 0.05) is 17.6 Å². The van der Waals surface area contributed by atoms with E-state index in [1.54, 1.807) is 6.92 Å². The first-order valence-corrected chi connectivity index (χ1v) is 8.55. The van der Waals surface area contributed by atoms with Gasteiger partial charge >= 0.3 is 5.97 Å². The van der Waals surface area contributed by atoms with E-state index in [9.17, 15) is 29.3 Å². The van der Waals surface area contributed by atoms with Crippen LogP contribution in [0.4, 0.5) is 10.7 Å². The Morgan fingerprint density at radius 3 is 2.75 bits per heavy atom. The molecule has 0 spiro atoms. The standard InChI is InChI=1S/C15H11N5O7S/c1-2-27-15(24)11-12(28-18-17-11)16-9(21)6-19-13(22)7-4-3-5-8(20(25)26)10(7)14(19)23/h3-5H,2,6H2,1H3,(H,16,21). The summed E-state index contributed by atoms with van der Waals surface area (Å²) in [4.78, 5) is 59.8. The van der Waals surface area contributed by atoms with Crippen LogP contribution in [0.3, 0.4) is 0 Å². The predicted octanol–water partition coefficient (Wildman–Crippen LogP) is 0.858. The lowest BCUT2D eigenvalue weighted by Gasteiger charge is -2.13. The first kappa shape index (κ1) is 19.0. The van der Waals surface area contributed by atoms with Crippen molar-refractivity contribution < 1.29 is 28.8 Å². The van der Waals surface area contributed by atoms with E-state index >= 15 is 0 Å². The highest BCUT2D eigenvalue weighted by atomic mass is 32.1. The highest BCUT2D eigenvalue weighted by Gasteiger charge is 2.41. The van der Waals surface area contributed by atoms with Crippen LogP contribution in [0, 0.1) is 10.1 Å². The van der Waals surface area contributed by atoms with Crippen molar-refractivity contribution in [3.8, 4) is 0 Å². The third-order valence-corrected chi connectivity index (χ3v) is 4.33. The number of nitro benzene ring substituents is 1. The van der Waals surface area contributed by atoms with Crippen LogP contribution in [0.25, 0.3) is 0 Å². The Morgan fingerprint density at radius 2 is 2.07 bits per heavy atom. The molecule has 2 aromatic rings. The second kappa shape index (κ2) is 7.48. The molecule has 0 radical (unpaired) electrons. The number of carbonyl (C=O) groups is 4. The third-order valence-electron chi connectivity index (χ3n) is 3.69. The third kappa shape index (κ3) is 3.29. The number of anilines is 1. The van der Waals surface area contributed by atoms with Crippen molar-refractivity contribution in [2.45, 2.75) is 6.92 Å². The minimum absolute atomic E-state index is 0.00830. The topological polar surface area (TPSA) is 162 Å². The van der Waals surface area contributed by atoms with Crippen LogP contribution < -0.4 is 5.32 Å². The molecule has 0 bridgehead atoms. The second-order valence-electron chi connectivity index (χ2n) is 5.37. The van der Waals surface area contributed by atoms with Crippen molar-refractivity contribution in [1.82, 2.24) is 14.5 Å². The van der Waals surface area contributed by atoms with E-state index < -0.39 is 40.8 Å². The summed E-state index contributed by atoms with van der Waals surface area (Å²) >= 11 is 0.714. The molecule has 28 heavy (non-hydrogen) atoms. The van der Waals surface area contributed by atoms with E-state index in [1.165, 1.54) is 12.1 Å². The van der Waals surface area contributed by atoms with Gasteiger partial charge in [0.05, 0.1) is 17.1 Å². The number of hydrogen-bond acceptors (Lipinski definition) is 10. The molecule has 1 N–H and O–H groups in total. The number of aromatic nitrogens is 2. The fourth-order valence-corrected chi connectivity index (χ4v) is 3.10. The quantitative estimate of drug-likeness (QED) is 0.318. The summed E-state index contributed by atoms with van der Waals surface area (Å²) < 4.78 is 8.34. The van der Waals surface area contributed by atoms with Crippen molar-refractivity contribution in [3.05, 3.63) is 45.1 Å². The predicted molar refractivity (Wildman–Crippen MR) is 93.0 cm³/mol. The number of esters is 1. The molecule has 0 aliphatic carbocycles. The minimum Gasteiger partial charge on any atom is -0.461 e. The zero-order valence-corrected chi connectivity index (χ0v) is 15.0. The van der Waals surface area contributed by atoms with Gasteiger partial charge in [-0.15, -0.1) is 5.10 Å². The molecule has 0 fully saturated rings. The van der Waals surface area contributed by atoms with Gasteiger partial charge in [0.1, 0.15) is 12.1 Å². The van der Waals surface area contributed by atoms with Crippen molar-refractivity contribution in [1.29, 1.82) is 0 Å². The van der Waals surface area contributed by atoms with Gasteiger partial charge in [0.25, 0.3) is 17.5 Å². The molecule has 0 saturated heterocycles. The summed E-state index contributed by atoms with van der Waals surface area (Å²) in [5.41, 5.74) is -1.25. The Morgan fingerprint density at radius 1 is 1.32 bits per heavy atom. The molecular weight excluding hydrogens is 394 g/mol. The van der Waals surface area contributed by atoms with E-state index in [1.807, 2.05) is 0 Å². The van der Waals surface area contributed by atoms with Gasteiger partial charge in [0.2, 0.25) is 11.6 Å². The van der Waals surface area contributed by atoms with E-state index in [4.69, 9.17) is 4.74 Å². The Balaban J connectivity index is 1.78. The van der Waals surface area contributed by atoms with E-state index in [0.29, 0.717) is 16.4 Å². The van der Waals surface area contributed by atoms with Crippen LogP contribution in [0.2, 0.25) is 0 Å². The Labute approximate surface area is 160 Å². The van der Waals surface area contributed by atoms with Gasteiger partial charge in [-0.3, -0.25) is 29.4 Å². The van der Waals surface area contributed by atoms with Crippen molar-refractivity contribution in [2.75, 3.05) is 18.5 Å². The lowest BCUT2D eigenvalue weighted by Crippen LogP contribution is -2.37. The number of fused-ring (bicyclic) bond motifs is 1. The highest BCUT2D eigenvalue weighted by Crippen LogP contribution is 2.30. The zero-order chi connectivity index (χ0) is 20.4. The first-order chi connectivity index (χ1) is 13.3. The van der Waals surface area contributed by atoms with E-state index in [2.05, 4.69) is 14.9 Å². The number of nitro groups is 1. The van der Waals surface area contributed by atoms with Crippen LogP contribution in [0.5, 0.6) is 0 Å². The normalized spacial score (nSPS) is 12.7. The van der Waals surface area contributed by atoms with Crippen LogP contribution in [0.15, 0.2) is 18.2 Å². The monoisotopic (exact) mass is 405 g/mol. The van der Waals surface area contributed by atoms with E-state index in [0.717, 1.165) is 6.07 Å². The molecule has 1 aromatic carbocycles. The summed E-state index contributed by atoms with van der Waals surface area (Å²) in [5.74, 6) is -3.38. The lowest BCUT2D eigenvalue weighted by atomic mass is 10.1. The molecule has 13 heteroatoms. The molecule has 1 aromatic heterocycles. The average molecular weight is 405 g/mol. The largest absolute Gasteiger partial charge is 0.461 e. The molecule has 0 unspecified atom stereocenters. The van der Waals surface area contributed by atoms with Gasteiger partial charge in [-0.2, -0.15) is 0 Å². The van der Waals surface area contributed by atoms with Gasteiger partial charge < -0.3 is 10.1 Å². The lowest BCUT2D eigenvalue weighted by molar-refractivity contribution is -0.385. The van der Waals surface area contributed by atoms with Crippen LogP contribution in [0.1, 0.15) is 38.1 Å². The van der Waals surface area contributed by atoms with Gasteiger partial charge in [-0.05, 0) is 13.0 Å². The summed E-state index contributed by atoms with van der Waals surface area (Å²) in [7, 11) is 0. The van der Waals surface area contributed by atoms with E-state index in [-0.39, 0.29) is 28.4 Å². The Kier molecular flexibility index (Phi) is 5.08. The smallest absolute Gasteiger partial charge is 0.362 e. The zero-order valence-electron chi connectivity index (χ0n) is 14.2. The Hall–Kier alpha value is -3.74. The number of ether oxygens (including phenoxy) is 1. The average Bonchev–Trinajstić information content (AvgIpc) is 3.20. The number of imide groups is 1. The number of nitrogens with one attached hydrogen (secondary N) is 1. The molecule has 144 valence electrons. The van der Waals surface area contributed by atoms with Crippen LogP contribution in [-0.4, -0.2) is 56.3 Å². The molecule has 2 heterocycles. The summed E-state index contributed by atoms with van der Waals surface area (Å²) in [6.45, 7) is 0.985. The molecule has 12 nitrogen and oxygen atoms in total.